The summed E-state index contributed by atoms with van der Waals surface area (Å²) < 4.78 is 0. The van der Waals surface area contributed by atoms with Crippen LogP contribution in [0.5, 0.6) is 0 Å². The van der Waals surface area contributed by atoms with E-state index in [4.69, 9.17) is 11.6 Å². The topological polar surface area (TPSA) is 55.2 Å². The molecule has 1 N–H and O–H groups in total. The van der Waals surface area contributed by atoms with E-state index in [0.29, 0.717) is 12.6 Å². The average molecular weight is 297 g/mol. The number of rotatable bonds is 4. The van der Waals surface area contributed by atoms with Crippen molar-refractivity contribution in [1.82, 2.24) is 5.32 Å². The molecule has 0 aromatic heterocycles. The standard InChI is InChI=1S/C15H21ClN2O2/c1-15(2)8-4-3-5-14(15)17-10-11-6-7-12(16)13(9-11)18(19)20/h6-7,9,14,17H,3-5,8,10H2,1-2H3. The molecule has 0 radical (unpaired) electrons. The molecule has 1 aliphatic rings. The van der Waals surface area contributed by atoms with Crippen LogP contribution in [0.4, 0.5) is 5.69 Å². The minimum absolute atomic E-state index is 0.0196. The molecule has 0 bridgehead atoms. The lowest BCUT2D eigenvalue weighted by Gasteiger charge is -2.39. The fourth-order valence-corrected chi connectivity index (χ4v) is 3.11. The monoisotopic (exact) mass is 296 g/mol. The van der Waals surface area contributed by atoms with Crippen molar-refractivity contribution in [1.29, 1.82) is 0 Å². The summed E-state index contributed by atoms with van der Waals surface area (Å²) >= 11 is 5.82. The predicted molar refractivity (Wildman–Crippen MR) is 81.0 cm³/mol. The normalized spacial score (nSPS) is 21.6. The van der Waals surface area contributed by atoms with E-state index in [1.54, 1.807) is 12.1 Å². The zero-order valence-electron chi connectivity index (χ0n) is 12.0. The average Bonchev–Trinajstić information content (AvgIpc) is 2.38. The number of nitro groups is 1. The SMILES string of the molecule is CC1(C)CCCCC1NCc1ccc(Cl)c([N+](=O)[O-])c1. The number of nitrogens with zero attached hydrogens (tertiary/aromatic N) is 1. The van der Waals surface area contributed by atoms with Gasteiger partial charge in [-0.05, 0) is 29.9 Å². The second-order valence-corrected chi connectivity index (χ2v) is 6.62. The van der Waals surface area contributed by atoms with Crippen LogP contribution in [-0.2, 0) is 6.54 Å². The van der Waals surface area contributed by atoms with Crippen molar-refractivity contribution < 1.29 is 4.92 Å². The van der Waals surface area contributed by atoms with Crippen LogP contribution in [0.3, 0.4) is 0 Å². The first-order valence-corrected chi connectivity index (χ1v) is 7.44. The van der Waals surface area contributed by atoms with Crippen molar-refractivity contribution in [3.8, 4) is 0 Å². The Morgan fingerprint density at radius 3 is 2.85 bits per heavy atom. The highest BCUT2D eigenvalue weighted by Gasteiger charge is 2.31. The first-order valence-electron chi connectivity index (χ1n) is 7.06. The number of benzene rings is 1. The van der Waals surface area contributed by atoms with Crippen molar-refractivity contribution in [3.63, 3.8) is 0 Å². The fraction of sp³-hybridized carbons (Fsp3) is 0.600. The summed E-state index contributed by atoms with van der Waals surface area (Å²) in [6.07, 6.45) is 4.94. The van der Waals surface area contributed by atoms with Crippen LogP contribution in [0, 0.1) is 15.5 Å². The number of hydrogen-bond donors (Lipinski definition) is 1. The van der Waals surface area contributed by atoms with E-state index in [2.05, 4.69) is 19.2 Å². The first kappa shape index (κ1) is 15.3. The van der Waals surface area contributed by atoms with Crippen LogP contribution < -0.4 is 5.32 Å². The zero-order valence-corrected chi connectivity index (χ0v) is 12.7. The van der Waals surface area contributed by atoms with Gasteiger partial charge in [-0.25, -0.2) is 0 Å². The number of nitro benzene ring substituents is 1. The molecule has 1 atom stereocenters. The highest BCUT2D eigenvalue weighted by atomic mass is 35.5. The number of nitrogens with one attached hydrogen (secondary N) is 1. The van der Waals surface area contributed by atoms with Crippen molar-refractivity contribution in [3.05, 3.63) is 38.9 Å². The summed E-state index contributed by atoms with van der Waals surface area (Å²) in [5, 5.41) is 14.6. The molecule has 1 fully saturated rings. The van der Waals surface area contributed by atoms with E-state index in [9.17, 15) is 10.1 Å². The molecule has 0 spiro atoms. The Labute approximate surface area is 124 Å². The molecule has 0 saturated heterocycles. The van der Waals surface area contributed by atoms with Crippen LogP contribution in [0.2, 0.25) is 5.02 Å². The molecular weight excluding hydrogens is 276 g/mol. The molecule has 0 aliphatic heterocycles. The highest BCUT2D eigenvalue weighted by Crippen LogP contribution is 2.35. The van der Waals surface area contributed by atoms with E-state index >= 15 is 0 Å². The molecule has 0 heterocycles. The Balaban J connectivity index is 2.04. The van der Waals surface area contributed by atoms with Crippen molar-refractivity contribution in [2.24, 2.45) is 5.41 Å². The molecule has 1 aromatic rings. The van der Waals surface area contributed by atoms with Crippen molar-refractivity contribution >= 4 is 17.3 Å². The second kappa shape index (κ2) is 6.10. The van der Waals surface area contributed by atoms with E-state index < -0.39 is 4.92 Å². The van der Waals surface area contributed by atoms with Gasteiger partial charge in [-0.3, -0.25) is 10.1 Å². The third kappa shape index (κ3) is 3.49. The molecule has 4 nitrogen and oxygen atoms in total. The smallest absolute Gasteiger partial charge is 0.288 e. The van der Waals surface area contributed by atoms with Crippen LogP contribution >= 0.6 is 11.6 Å². The van der Waals surface area contributed by atoms with Gasteiger partial charge in [0.15, 0.2) is 0 Å². The van der Waals surface area contributed by atoms with Crippen molar-refractivity contribution in [2.45, 2.75) is 52.1 Å². The number of halogens is 1. The van der Waals surface area contributed by atoms with E-state index in [-0.39, 0.29) is 16.1 Å². The van der Waals surface area contributed by atoms with Gasteiger partial charge in [0.25, 0.3) is 5.69 Å². The predicted octanol–water partition coefficient (Wildman–Crippen LogP) is 4.31. The molecule has 1 aromatic carbocycles. The zero-order chi connectivity index (χ0) is 14.8. The van der Waals surface area contributed by atoms with Gasteiger partial charge >= 0.3 is 0 Å². The molecule has 20 heavy (non-hydrogen) atoms. The lowest BCUT2D eigenvalue weighted by Crippen LogP contribution is -2.43. The van der Waals surface area contributed by atoms with Gasteiger partial charge in [0.1, 0.15) is 5.02 Å². The maximum Gasteiger partial charge on any atom is 0.288 e. The summed E-state index contributed by atoms with van der Waals surface area (Å²) in [5.41, 5.74) is 1.17. The van der Waals surface area contributed by atoms with Gasteiger partial charge in [-0.1, -0.05) is 44.4 Å². The summed E-state index contributed by atoms with van der Waals surface area (Å²) in [6.45, 7) is 5.22. The molecule has 1 saturated carbocycles. The minimum Gasteiger partial charge on any atom is -0.309 e. The molecule has 2 rings (SSSR count). The van der Waals surface area contributed by atoms with Gasteiger partial charge in [0, 0.05) is 18.7 Å². The van der Waals surface area contributed by atoms with Gasteiger partial charge < -0.3 is 5.32 Å². The summed E-state index contributed by atoms with van der Waals surface area (Å²) in [6, 6.07) is 5.47. The Bertz CT molecular complexity index is 503. The summed E-state index contributed by atoms with van der Waals surface area (Å²) in [4.78, 5) is 10.4. The second-order valence-electron chi connectivity index (χ2n) is 6.21. The summed E-state index contributed by atoms with van der Waals surface area (Å²) in [7, 11) is 0. The lowest BCUT2D eigenvalue weighted by molar-refractivity contribution is -0.384. The lowest BCUT2D eigenvalue weighted by atomic mass is 9.73. The quantitative estimate of drug-likeness (QED) is 0.665. The first-order chi connectivity index (χ1) is 9.40. The van der Waals surface area contributed by atoms with Gasteiger partial charge in [0.05, 0.1) is 4.92 Å². The Hall–Kier alpha value is -1.13. The maximum atomic E-state index is 10.9. The fourth-order valence-electron chi connectivity index (χ4n) is 2.92. The Morgan fingerprint density at radius 1 is 1.45 bits per heavy atom. The molecule has 110 valence electrons. The molecule has 1 unspecified atom stereocenters. The summed E-state index contributed by atoms with van der Waals surface area (Å²) in [5.74, 6) is 0. The Kier molecular flexibility index (Phi) is 4.66. The largest absolute Gasteiger partial charge is 0.309 e. The molecule has 0 amide bonds. The molecule has 5 heteroatoms. The maximum absolute atomic E-state index is 10.9. The third-order valence-electron chi connectivity index (χ3n) is 4.27. The van der Waals surface area contributed by atoms with Gasteiger partial charge in [-0.15, -0.1) is 0 Å². The van der Waals surface area contributed by atoms with Crippen LogP contribution in [0.15, 0.2) is 18.2 Å². The highest BCUT2D eigenvalue weighted by molar-refractivity contribution is 6.32. The van der Waals surface area contributed by atoms with Crippen molar-refractivity contribution in [2.75, 3.05) is 0 Å². The Morgan fingerprint density at radius 2 is 2.20 bits per heavy atom. The van der Waals surface area contributed by atoms with E-state index in [1.165, 1.54) is 25.7 Å². The number of hydrogen-bond acceptors (Lipinski definition) is 3. The van der Waals surface area contributed by atoms with Crippen LogP contribution in [0.1, 0.15) is 45.1 Å². The van der Waals surface area contributed by atoms with Gasteiger partial charge in [0.2, 0.25) is 0 Å². The molecular formula is C15H21ClN2O2. The minimum atomic E-state index is -0.434. The van der Waals surface area contributed by atoms with Crippen LogP contribution in [-0.4, -0.2) is 11.0 Å². The van der Waals surface area contributed by atoms with Crippen LogP contribution in [0.25, 0.3) is 0 Å². The van der Waals surface area contributed by atoms with E-state index in [1.807, 2.05) is 6.07 Å². The van der Waals surface area contributed by atoms with E-state index in [0.717, 1.165) is 5.56 Å². The molecule has 1 aliphatic carbocycles. The third-order valence-corrected chi connectivity index (χ3v) is 4.59. The van der Waals surface area contributed by atoms with Gasteiger partial charge in [-0.2, -0.15) is 0 Å².